The number of rotatable bonds is 4. The van der Waals surface area contributed by atoms with Crippen molar-refractivity contribution in [1.29, 1.82) is 0 Å². The standard InChI is InChI=1S/C15H12F2O3/c1-2-19-13-5-3-4-6-14(13)20-15(18)11-8-7-10(16)9-12(11)17/h3-9H,2H2,1H3. The van der Waals surface area contributed by atoms with Gasteiger partial charge in [-0.1, -0.05) is 12.1 Å². The lowest BCUT2D eigenvalue weighted by atomic mass is 10.2. The number of esters is 1. The predicted molar refractivity (Wildman–Crippen MR) is 68.9 cm³/mol. The summed E-state index contributed by atoms with van der Waals surface area (Å²) in [5.74, 6) is -2.07. The Labute approximate surface area is 114 Å². The van der Waals surface area contributed by atoms with Gasteiger partial charge < -0.3 is 9.47 Å². The molecular weight excluding hydrogens is 266 g/mol. The number of benzene rings is 2. The smallest absolute Gasteiger partial charge is 0.346 e. The summed E-state index contributed by atoms with van der Waals surface area (Å²) in [7, 11) is 0. The Morgan fingerprint density at radius 1 is 1.10 bits per heavy atom. The number of carbonyl (C=O) groups excluding carboxylic acids is 1. The van der Waals surface area contributed by atoms with Gasteiger partial charge in [0.15, 0.2) is 11.5 Å². The molecule has 0 radical (unpaired) electrons. The fourth-order valence-electron chi connectivity index (χ4n) is 1.62. The summed E-state index contributed by atoms with van der Waals surface area (Å²) in [6, 6.07) is 9.21. The van der Waals surface area contributed by atoms with Gasteiger partial charge in [0.25, 0.3) is 0 Å². The number of carbonyl (C=O) groups is 1. The Morgan fingerprint density at radius 3 is 2.45 bits per heavy atom. The van der Waals surface area contributed by atoms with Crippen LogP contribution in [0.5, 0.6) is 11.5 Å². The number of hydrogen-bond donors (Lipinski definition) is 0. The molecular formula is C15H12F2O3. The van der Waals surface area contributed by atoms with E-state index in [1.165, 1.54) is 6.07 Å². The second-order valence-corrected chi connectivity index (χ2v) is 3.89. The molecule has 2 aromatic carbocycles. The minimum atomic E-state index is -0.969. The first-order valence-corrected chi connectivity index (χ1v) is 6.01. The minimum Gasteiger partial charge on any atom is -0.490 e. The van der Waals surface area contributed by atoms with Gasteiger partial charge in [0.05, 0.1) is 12.2 Å². The molecule has 0 saturated carbocycles. The average molecular weight is 278 g/mol. The molecule has 0 spiro atoms. The van der Waals surface area contributed by atoms with Crippen molar-refractivity contribution in [2.75, 3.05) is 6.61 Å². The SMILES string of the molecule is CCOc1ccccc1OC(=O)c1ccc(F)cc1F. The van der Waals surface area contributed by atoms with E-state index in [1.807, 2.05) is 0 Å². The summed E-state index contributed by atoms with van der Waals surface area (Å²) in [5.41, 5.74) is -0.335. The maximum Gasteiger partial charge on any atom is 0.346 e. The quantitative estimate of drug-likeness (QED) is 0.633. The van der Waals surface area contributed by atoms with E-state index in [-0.39, 0.29) is 11.3 Å². The molecule has 0 bridgehead atoms. The van der Waals surface area contributed by atoms with Crippen LogP contribution in [0.15, 0.2) is 42.5 Å². The predicted octanol–water partition coefficient (Wildman–Crippen LogP) is 3.58. The van der Waals surface area contributed by atoms with Crippen molar-refractivity contribution in [2.24, 2.45) is 0 Å². The molecule has 5 heteroatoms. The highest BCUT2D eigenvalue weighted by atomic mass is 19.1. The first-order valence-electron chi connectivity index (χ1n) is 6.01. The Bertz CT molecular complexity index is 626. The first-order chi connectivity index (χ1) is 9.61. The molecule has 0 amide bonds. The van der Waals surface area contributed by atoms with Gasteiger partial charge in [-0.25, -0.2) is 13.6 Å². The molecule has 0 aromatic heterocycles. The molecule has 0 unspecified atom stereocenters. The molecule has 0 heterocycles. The summed E-state index contributed by atoms with van der Waals surface area (Å²) in [6.07, 6.45) is 0. The van der Waals surface area contributed by atoms with Crippen LogP contribution in [0.2, 0.25) is 0 Å². The molecule has 3 nitrogen and oxygen atoms in total. The Kier molecular flexibility index (Phi) is 4.30. The normalized spacial score (nSPS) is 10.2. The van der Waals surface area contributed by atoms with Gasteiger partial charge >= 0.3 is 5.97 Å². The fourth-order valence-corrected chi connectivity index (χ4v) is 1.62. The minimum absolute atomic E-state index is 0.183. The van der Waals surface area contributed by atoms with Crippen LogP contribution in [0.4, 0.5) is 8.78 Å². The summed E-state index contributed by atoms with van der Waals surface area (Å²) < 4.78 is 36.6. The van der Waals surface area contributed by atoms with Crippen molar-refractivity contribution in [3.63, 3.8) is 0 Å². The zero-order chi connectivity index (χ0) is 14.5. The molecule has 104 valence electrons. The fraction of sp³-hybridized carbons (Fsp3) is 0.133. The molecule has 0 fully saturated rings. The van der Waals surface area contributed by atoms with E-state index < -0.39 is 17.6 Å². The number of ether oxygens (including phenoxy) is 2. The molecule has 20 heavy (non-hydrogen) atoms. The molecule has 0 atom stereocenters. The van der Waals surface area contributed by atoms with Gasteiger partial charge in [-0.2, -0.15) is 0 Å². The Hall–Kier alpha value is -2.43. The van der Waals surface area contributed by atoms with Crippen molar-refractivity contribution >= 4 is 5.97 Å². The van der Waals surface area contributed by atoms with Crippen molar-refractivity contribution in [2.45, 2.75) is 6.92 Å². The van der Waals surface area contributed by atoms with Gasteiger partial charge in [0.1, 0.15) is 11.6 Å². The van der Waals surface area contributed by atoms with E-state index in [2.05, 4.69) is 0 Å². The topological polar surface area (TPSA) is 35.5 Å². The van der Waals surface area contributed by atoms with Gasteiger partial charge in [-0.3, -0.25) is 0 Å². The molecule has 0 N–H and O–H groups in total. The zero-order valence-electron chi connectivity index (χ0n) is 10.7. The monoisotopic (exact) mass is 278 g/mol. The first kappa shape index (κ1) is 14.0. The third kappa shape index (κ3) is 3.12. The van der Waals surface area contributed by atoms with Gasteiger partial charge in [-0.15, -0.1) is 0 Å². The molecule has 0 saturated heterocycles. The van der Waals surface area contributed by atoms with Crippen LogP contribution in [-0.2, 0) is 0 Å². The number of halogens is 2. The summed E-state index contributed by atoms with van der Waals surface area (Å²) >= 11 is 0. The van der Waals surface area contributed by atoms with Gasteiger partial charge in [-0.05, 0) is 31.2 Å². The Morgan fingerprint density at radius 2 is 1.80 bits per heavy atom. The van der Waals surface area contributed by atoms with Crippen LogP contribution in [0.1, 0.15) is 17.3 Å². The number of para-hydroxylation sites is 2. The maximum atomic E-state index is 13.5. The zero-order valence-corrected chi connectivity index (χ0v) is 10.7. The van der Waals surface area contributed by atoms with Crippen molar-refractivity contribution < 1.29 is 23.0 Å². The summed E-state index contributed by atoms with van der Waals surface area (Å²) in [4.78, 5) is 11.9. The second-order valence-electron chi connectivity index (χ2n) is 3.89. The lowest BCUT2D eigenvalue weighted by Gasteiger charge is -2.10. The highest BCUT2D eigenvalue weighted by Crippen LogP contribution is 2.27. The van der Waals surface area contributed by atoms with Crippen LogP contribution in [0.3, 0.4) is 0 Å². The summed E-state index contributed by atoms with van der Waals surface area (Å²) in [6.45, 7) is 2.19. The molecule has 2 rings (SSSR count). The lowest BCUT2D eigenvalue weighted by molar-refractivity contribution is 0.0723. The third-order valence-corrected chi connectivity index (χ3v) is 2.50. The van der Waals surface area contributed by atoms with Crippen molar-refractivity contribution in [1.82, 2.24) is 0 Å². The Balaban J connectivity index is 2.23. The van der Waals surface area contributed by atoms with Gasteiger partial charge in [0.2, 0.25) is 0 Å². The van der Waals surface area contributed by atoms with Crippen LogP contribution < -0.4 is 9.47 Å². The third-order valence-electron chi connectivity index (χ3n) is 2.50. The molecule has 0 aliphatic heterocycles. The van der Waals surface area contributed by atoms with Crippen molar-refractivity contribution in [3.05, 3.63) is 59.7 Å². The largest absolute Gasteiger partial charge is 0.490 e. The number of hydrogen-bond acceptors (Lipinski definition) is 3. The summed E-state index contributed by atoms with van der Waals surface area (Å²) in [5, 5.41) is 0. The molecule has 0 aliphatic rings. The van der Waals surface area contributed by atoms with E-state index in [9.17, 15) is 13.6 Å². The van der Waals surface area contributed by atoms with Crippen LogP contribution in [0, 0.1) is 11.6 Å². The maximum absolute atomic E-state index is 13.5. The van der Waals surface area contributed by atoms with E-state index in [4.69, 9.17) is 9.47 Å². The highest BCUT2D eigenvalue weighted by molar-refractivity contribution is 5.91. The van der Waals surface area contributed by atoms with Crippen LogP contribution in [-0.4, -0.2) is 12.6 Å². The molecule has 0 aliphatic carbocycles. The van der Waals surface area contributed by atoms with Crippen LogP contribution >= 0.6 is 0 Å². The van der Waals surface area contributed by atoms with Crippen molar-refractivity contribution in [3.8, 4) is 11.5 Å². The van der Waals surface area contributed by atoms with Gasteiger partial charge in [0, 0.05) is 6.07 Å². The highest BCUT2D eigenvalue weighted by Gasteiger charge is 2.16. The van der Waals surface area contributed by atoms with E-state index in [1.54, 1.807) is 25.1 Å². The van der Waals surface area contributed by atoms with E-state index in [0.29, 0.717) is 18.4 Å². The van der Waals surface area contributed by atoms with Crippen LogP contribution in [0.25, 0.3) is 0 Å². The average Bonchev–Trinajstić information content (AvgIpc) is 2.41. The second kappa shape index (κ2) is 6.14. The molecule has 2 aromatic rings. The van der Waals surface area contributed by atoms with E-state index in [0.717, 1.165) is 12.1 Å². The van der Waals surface area contributed by atoms with E-state index >= 15 is 0 Å². The lowest BCUT2D eigenvalue weighted by Crippen LogP contribution is -2.11.